The molecular formula is C5H6N2O2. The van der Waals surface area contributed by atoms with Crippen molar-refractivity contribution in [3.8, 4) is 6.07 Å². The van der Waals surface area contributed by atoms with E-state index < -0.39 is 12.2 Å². The maximum Gasteiger partial charge on any atom is 0.434 e. The molecule has 0 heterocycles. The SMILES string of the molecule is C=NC(=O)OC(C)C#N. The topological polar surface area (TPSA) is 62.4 Å². The number of nitrogens with zero attached hydrogens (tertiary/aromatic N) is 2. The molecule has 0 bridgehead atoms. The van der Waals surface area contributed by atoms with Gasteiger partial charge in [0.1, 0.15) is 6.07 Å². The second kappa shape index (κ2) is 3.61. The number of aliphatic imine (C=N–C) groups is 1. The molecule has 1 atom stereocenters. The normalized spacial score (nSPS) is 11.1. The van der Waals surface area contributed by atoms with Crippen molar-refractivity contribution in [3.63, 3.8) is 0 Å². The Hall–Kier alpha value is -1.37. The van der Waals surface area contributed by atoms with Crippen molar-refractivity contribution in [3.05, 3.63) is 0 Å². The standard InChI is InChI=1S/C5H6N2O2/c1-4(3-6)9-5(8)7-2/h4H,2H2,1H3. The minimum atomic E-state index is -0.816. The fourth-order valence-electron chi connectivity index (χ4n) is 0.215. The molecule has 9 heavy (non-hydrogen) atoms. The van der Waals surface area contributed by atoms with Crippen molar-refractivity contribution >= 4 is 12.8 Å². The number of carbonyl (C=O) groups excluding carboxylic acids is 1. The molecule has 4 heteroatoms. The van der Waals surface area contributed by atoms with Crippen LogP contribution >= 0.6 is 0 Å². The highest BCUT2D eigenvalue weighted by Crippen LogP contribution is 1.89. The van der Waals surface area contributed by atoms with E-state index in [4.69, 9.17) is 5.26 Å². The molecule has 0 aliphatic rings. The van der Waals surface area contributed by atoms with E-state index in [0.29, 0.717) is 0 Å². The average Bonchev–Trinajstić information content (AvgIpc) is 1.87. The van der Waals surface area contributed by atoms with Gasteiger partial charge in [-0.1, -0.05) is 0 Å². The van der Waals surface area contributed by atoms with Crippen molar-refractivity contribution in [2.75, 3.05) is 0 Å². The molecule has 0 saturated carbocycles. The number of rotatable bonds is 1. The summed E-state index contributed by atoms with van der Waals surface area (Å²) >= 11 is 0. The summed E-state index contributed by atoms with van der Waals surface area (Å²) in [5.74, 6) is 0. The van der Waals surface area contributed by atoms with E-state index in [1.807, 2.05) is 0 Å². The van der Waals surface area contributed by atoms with Crippen molar-refractivity contribution in [1.82, 2.24) is 0 Å². The maximum absolute atomic E-state index is 10.2. The van der Waals surface area contributed by atoms with Crippen LogP contribution in [-0.2, 0) is 4.74 Å². The minimum Gasteiger partial charge on any atom is -0.430 e. The largest absolute Gasteiger partial charge is 0.434 e. The molecule has 0 aromatic rings. The highest BCUT2D eigenvalue weighted by Gasteiger charge is 2.03. The first-order valence-corrected chi connectivity index (χ1v) is 2.27. The molecule has 0 aliphatic heterocycles. The van der Waals surface area contributed by atoms with E-state index in [1.54, 1.807) is 6.07 Å². The van der Waals surface area contributed by atoms with Gasteiger partial charge < -0.3 is 4.74 Å². The number of nitriles is 1. The Morgan fingerprint density at radius 2 is 2.56 bits per heavy atom. The summed E-state index contributed by atoms with van der Waals surface area (Å²) in [6.45, 7) is 4.36. The van der Waals surface area contributed by atoms with E-state index >= 15 is 0 Å². The lowest BCUT2D eigenvalue weighted by atomic mass is 10.5. The summed E-state index contributed by atoms with van der Waals surface area (Å²) in [4.78, 5) is 13.1. The lowest BCUT2D eigenvalue weighted by Crippen LogP contribution is -2.08. The molecule has 1 unspecified atom stereocenters. The fraction of sp³-hybridized carbons (Fsp3) is 0.400. The summed E-state index contributed by atoms with van der Waals surface area (Å²) in [6, 6.07) is 1.70. The van der Waals surface area contributed by atoms with Crippen molar-refractivity contribution < 1.29 is 9.53 Å². The van der Waals surface area contributed by atoms with Crippen LogP contribution in [0.1, 0.15) is 6.92 Å². The Bertz CT molecular complexity index is 159. The number of amides is 1. The van der Waals surface area contributed by atoms with E-state index in [2.05, 4.69) is 16.4 Å². The molecule has 0 aromatic carbocycles. The van der Waals surface area contributed by atoms with E-state index in [1.165, 1.54) is 6.92 Å². The van der Waals surface area contributed by atoms with E-state index in [0.717, 1.165) is 0 Å². The number of ether oxygens (including phenoxy) is 1. The average molecular weight is 126 g/mol. The molecule has 0 aliphatic carbocycles. The summed E-state index contributed by atoms with van der Waals surface area (Å²) in [6.07, 6.45) is -1.56. The van der Waals surface area contributed by atoms with Gasteiger partial charge in [0.15, 0.2) is 6.10 Å². The van der Waals surface area contributed by atoms with Gasteiger partial charge in [-0.25, -0.2) is 4.79 Å². The smallest absolute Gasteiger partial charge is 0.430 e. The van der Waals surface area contributed by atoms with Gasteiger partial charge in [-0.05, 0) is 13.6 Å². The summed E-state index contributed by atoms with van der Waals surface area (Å²) in [5.41, 5.74) is 0. The molecule has 0 radical (unpaired) electrons. The van der Waals surface area contributed by atoms with Gasteiger partial charge >= 0.3 is 6.09 Å². The van der Waals surface area contributed by atoms with Gasteiger partial charge in [-0.15, -0.1) is 0 Å². The molecule has 0 saturated heterocycles. The lowest BCUT2D eigenvalue weighted by molar-refractivity contribution is 0.141. The van der Waals surface area contributed by atoms with Crippen LogP contribution < -0.4 is 0 Å². The zero-order chi connectivity index (χ0) is 7.28. The maximum atomic E-state index is 10.2. The monoisotopic (exact) mass is 126 g/mol. The number of carbonyl (C=O) groups is 1. The molecule has 4 nitrogen and oxygen atoms in total. The molecule has 0 aromatic heterocycles. The first kappa shape index (κ1) is 7.63. The van der Waals surface area contributed by atoms with Crippen LogP contribution in [0.5, 0.6) is 0 Å². The van der Waals surface area contributed by atoms with Gasteiger partial charge in [0.05, 0.1) is 0 Å². The van der Waals surface area contributed by atoms with Crippen molar-refractivity contribution in [1.29, 1.82) is 5.26 Å². The summed E-state index contributed by atoms with van der Waals surface area (Å²) < 4.78 is 4.32. The lowest BCUT2D eigenvalue weighted by Gasteiger charge is -1.98. The quantitative estimate of drug-likeness (QED) is 0.486. The van der Waals surface area contributed by atoms with Crippen LogP contribution in [0.3, 0.4) is 0 Å². The van der Waals surface area contributed by atoms with Crippen LogP contribution in [0.25, 0.3) is 0 Å². The fourth-order valence-corrected chi connectivity index (χ4v) is 0.215. The van der Waals surface area contributed by atoms with Crippen LogP contribution in [-0.4, -0.2) is 18.9 Å². The van der Waals surface area contributed by atoms with Gasteiger partial charge in [-0.2, -0.15) is 10.3 Å². The highest BCUT2D eigenvalue weighted by atomic mass is 16.6. The third-order valence-corrected chi connectivity index (χ3v) is 0.588. The molecule has 1 amide bonds. The zero-order valence-electron chi connectivity index (χ0n) is 5.00. The van der Waals surface area contributed by atoms with Crippen molar-refractivity contribution in [2.45, 2.75) is 13.0 Å². The third-order valence-electron chi connectivity index (χ3n) is 0.588. The van der Waals surface area contributed by atoms with Crippen LogP contribution in [0.15, 0.2) is 4.99 Å². The van der Waals surface area contributed by atoms with Crippen LogP contribution in [0.2, 0.25) is 0 Å². The predicted molar refractivity (Wildman–Crippen MR) is 31.1 cm³/mol. The van der Waals surface area contributed by atoms with Gasteiger partial charge in [-0.3, -0.25) is 0 Å². The first-order chi connectivity index (χ1) is 4.20. The molecule has 0 rings (SSSR count). The second-order valence-electron chi connectivity index (χ2n) is 1.31. The van der Waals surface area contributed by atoms with Crippen molar-refractivity contribution in [2.24, 2.45) is 4.99 Å². The second-order valence-corrected chi connectivity index (χ2v) is 1.31. The Labute approximate surface area is 52.8 Å². The molecule has 0 fully saturated rings. The van der Waals surface area contributed by atoms with Gasteiger partial charge in [0.2, 0.25) is 0 Å². The van der Waals surface area contributed by atoms with Crippen LogP contribution in [0.4, 0.5) is 4.79 Å². The molecule has 0 spiro atoms. The number of hydrogen-bond acceptors (Lipinski definition) is 3. The third kappa shape index (κ3) is 3.23. The van der Waals surface area contributed by atoms with E-state index in [-0.39, 0.29) is 0 Å². The Morgan fingerprint density at radius 3 is 2.89 bits per heavy atom. The van der Waals surface area contributed by atoms with E-state index in [9.17, 15) is 4.79 Å². The number of hydrogen-bond donors (Lipinski definition) is 0. The van der Waals surface area contributed by atoms with Crippen LogP contribution in [0, 0.1) is 11.3 Å². The summed E-state index contributed by atoms with van der Waals surface area (Å²) in [5, 5.41) is 8.09. The Kier molecular flexibility index (Phi) is 3.06. The summed E-state index contributed by atoms with van der Waals surface area (Å²) in [7, 11) is 0. The molecule has 48 valence electrons. The highest BCUT2D eigenvalue weighted by molar-refractivity contribution is 5.73. The molecule has 0 N–H and O–H groups in total. The Balaban J connectivity index is 3.62. The Morgan fingerprint density at radius 1 is 2.00 bits per heavy atom. The van der Waals surface area contributed by atoms with Gasteiger partial charge in [0.25, 0.3) is 0 Å². The predicted octanol–water partition coefficient (Wildman–Crippen LogP) is 0.736. The minimum absolute atomic E-state index is 0.747. The first-order valence-electron chi connectivity index (χ1n) is 2.27. The molecular weight excluding hydrogens is 120 g/mol. The zero-order valence-corrected chi connectivity index (χ0v) is 5.00. The van der Waals surface area contributed by atoms with Gasteiger partial charge in [0, 0.05) is 0 Å².